The lowest BCUT2D eigenvalue weighted by atomic mass is 10.3. The number of nitrogens with one attached hydrogen (secondary N) is 1. The van der Waals surface area contributed by atoms with Crippen molar-refractivity contribution in [2.45, 2.75) is 31.8 Å². The third-order valence-corrected chi connectivity index (χ3v) is 2.60. The minimum Gasteiger partial charge on any atom is -0.464 e. The van der Waals surface area contributed by atoms with Crippen LogP contribution in [0.4, 0.5) is 0 Å². The molecule has 1 amide bonds. The summed E-state index contributed by atoms with van der Waals surface area (Å²) in [6.07, 6.45) is 3.47. The summed E-state index contributed by atoms with van der Waals surface area (Å²) in [6, 6.07) is -0.185. The number of nitrogens with zero attached hydrogens (tertiary/aromatic N) is 3. The van der Waals surface area contributed by atoms with E-state index in [1.165, 1.54) is 18.0 Å². The predicted molar refractivity (Wildman–Crippen MR) is 57.2 cm³/mol. The third-order valence-electron chi connectivity index (χ3n) is 2.60. The number of rotatable bonds is 4. The van der Waals surface area contributed by atoms with Crippen LogP contribution in [0.15, 0.2) is 6.20 Å². The number of hydrogen-bond acceptors (Lipinski definition) is 5. The predicted octanol–water partition coefficient (Wildman–Crippen LogP) is -0.0957. The van der Waals surface area contributed by atoms with Crippen LogP contribution in [0.2, 0.25) is 0 Å². The van der Waals surface area contributed by atoms with Gasteiger partial charge in [-0.15, -0.1) is 5.10 Å². The Morgan fingerprint density at radius 3 is 2.88 bits per heavy atom. The van der Waals surface area contributed by atoms with Crippen LogP contribution in [0.1, 0.15) is 36.3 Å². The van der Waals surface area contributed by atoms with Gasteiger partial charge in [0.15, 0.2) is 5.69 Å². The zero-order valence-electron chi connectivity index (χ0n) is 9.71. The smallest absolute Gasteiger partial charge is 0.360 e. The summed E-state index contributed by atoms with van der Waals surface area (Å²) in [6.45, 7) is 1.70. The Morgan fingerprint density at radius 2 is 2.29 bits per heavy atom. The van der Waals surface area contributed by atoms with Crippen LogP contribution >= 0.6 is 0 Å². The van der Waals surface area contributed by atoms with Gasteiger partial charge in [0.1, 0.15) is 6.04 Å². The quantitative estimate of drug-likeness (QED) is 0.740. The van der Waals surface area contributed by atoms with Crippen molar-refractivity contribution in [2.75, 3.05) is 7.11 Å². The fourth-order valence-corrected chi connectivity index (χ4v) is 1.33. The lowest BCUT2D eigenvalue weighted by Gasteiger charge is -2.10. The molecule has 0 aliphatic heterocycles. The van der Waals surface area contributed by atoms with Crippen molar-refractivity contribution >= 4 is 11.9 Å². The molecule has 1 N–H and O–H groups in total. The van der Waals surface area contributed by atoms with E-state index in [4.69, 9.17) is 0 Å². The Morgan fingerprint density at radius 1 is 1.59 bits per heavy atom. The second-order valence-electron chi connectivity index (χ2n) is 4.03. The number of methoxy groups -OCH3 is 1. The molecule has 1 heterocycles. The third kappa shape index (κ3) is 2.61. The zero-order valence-corrected chi connectivity index (χ0v) is 9.71. The molecule has 1 atom stereocenters. The molecule has 2 rings (SSSR count). The van der Waals surface area contributed by atoms with Crippen LogP contribution in [0.3, 0.4) is 0 Å². The molecule has 0 spiro atoms. The summed E-state index contributed by atoms with van der Waals surface area (Å²) in [7, 11) is 1.27. The van der Waals surface area contributed by atoms with Crippen LogP contribution in [-0.4, -0.2) is 40.0 Å². The first-order valence-electron chi connectivity index (χ1n) is 5.42. The van der Waals surface area contributed by atoms with Crippen molar-refractivity contribution in [1.29, 1.82) is 0 Å². The molecule has 1 saturated carbocycles. The topological polar surface area (TPSA) is 86.1 Å². The number of carbonyl (C=O) groups is 2. The van der Waals surface area contributed by atoms with Gasteiger partial charge < -0.3 is 10.1 Å². The molecule has 0 aromatic carbocycles. The van der Waals surface area contributed by atoms with E-state index in [0.717, 1.165) is 12.8 Å². The molecule has 1 aliphatic rings. The summed E-state index contributed by atoms with van der Waals surface area (Å²) in [5.41, 5.74) is 0.0959. The van der Waals surface area contributed by atoms with E-state index < -0.39 is 12.0 Å². The molecule has 0 radical (unpaired) electrons. The zero-order chi connectivity index (χ0) is 12.4. The van der Waals surface area contributed by atoms with Gasteiger partial charge in [-0.3, -0.25) is 4.79 Å². The van der Waals surface area contributed by atoms with Crippen molar-refractivity contribution in [3.63, 3.8) is 0 Å². The van der Waals surface area contributed by atoms with Crippen molar-refractivity contribution in [3.05, 3.63) is 11.9 Å². The van der Waals surface area contributed by atoms with Gasteiger partial charge in [0.2, 0.25) is 5.91 Å². The maximum Gasteiger partial charge on any atom is 0.360 e. The van der Waals surface area contributed by atoms with E-state index in [2.05, 4.69) is 20.4 Å². The van der Waals surface area contributed by atoms with E-state index >= 15 is 0 Å². The number of carbonyl (C=O) groups excluding carboxylic acids is 2. The average Bonchev–Trinajstić information content (AvgIpc) is 3.00. The Labute approximate surface area is 98.1 Å². The molecule has 1 aliphatic carbocycles. The van der Waals surface area contributed by atoms with Crippen molar-refractivity contribution in [2.24, 2.45) is 0 Å². The van der Waals surface area contributed by atoms with Gasteiger partial charge in [-0.2, -0.15) is 0 Å². The molecule has 0 saturated heterocycles. The van der Waals surface area contributed by atoms with E-state index in [1.54, 1.807) is 6.92 Å². The number of hydrogen-bond donors (Lipinski definition) is 1. The highest BCUT2D eigenvalue weighted by Crippen LogP contribution is 2.19. The minimum absolute atomic E-state index is 0.0959. The molecule has 1 unspecified atom stereocenters. The van der Waals surface area contributed by atoms with Crippen LogP contribution in [0.25, 0.3) is 0 Å². The molecule has 1 aromatic rings. The van der Waals surface area contributed by atoms with Gasteiger partial charge >= 0.3 is 5.97 Å². The molecule has 1 fully saturated rings. The van der Waals surface area contributed by atoms with E-state index in [9.17, 15) is 9.59 Å². The monoisotopic (exact) mass is 238 g/mol. The molecule has 17 heavy (non-hydrogen) atoms. The number of ether oxygens (including phenoxy) is 1. The van der Waals surface area contributed by atoms with E-state index in [-0.39, 0.29) is 11.6 Å². The van der Waals surface area contributed by atoms with Crippen molar-refractivity contribution in [3.8, 4) is 0 Å². The molecular formula is C10H14N4O3. The summed E-state index contributed by atoms with van der Waals surface area (Å²) < 4.78 is 5.86. The lowest BCUT2D eigenvalue weighted by Crippen LogP contribution is -2.32. The van der Waals surface area contributed by atoms with Gasteiger partial charge in [-0.25, -0.2) is 9.48 Å². The standard InChI is InChI=1S/C10H14N4O3/c1-6(9(15)11-7-3-4-7)14-5-8(12-13-14)10(16)17-2/h5-7H,3-4H2,1-2H3,(H,11,15). The molecule has 7 nitrogen and oxygen atoms in total. The van der Waals surface area contributed by atoms with Gasteiger partial charge in [-0.1, -0.05) is 5.21 Å². The van der Waals surface area contributed by atoms with Crippen molar-refractivity contribution in [1.82, 2.24) is 20.3 Å². The summed E-state index contributed by atoms with van der Waals surface area (Å²) >= 11 is 0. The first-order valence-corrected chi connectivity index (χ1v) is 5.42. The van der Waals surface area contributed by atoms with Crippen LogP contribution in [-0.2, 0) is 9.53 Å². The number of esters is 1. The summed E-state index contributed by atoms with van der Waals surface area (Å²) in [5, 5.41) is 10.2. The fraction of sp³-hybridized carbons (Fsp3) is 0.600. The SMILES string of the molecule is COC(=O)c1cn(C(C)C(=O)NC2CC2)nn1. The van der Waals surface area contributed by atoms with Gasteiger partial charge in [0.05, 0.1) is 13.3 Å². The summed E-state index contributed by atoms with van der Waals surface area (Å²) in [5.74, 6) is -0.681. The highest BCUT2D eigenvalue weighted by Gasteiger charge is 2.27. The Hall–Kier alpha value is -1.92. The Bertz CT molecular complexity index is 439. The van der Waals surface area contributed by atoms with Gasteiger partial charge in [0.25, 0.3) is 0 Å². The highest BCUT2D eigenvalue weighted by molar-refractivity contribution is 5.86. The first-order chi connectivity index (χ1) is 8.11. The van der Waals surface area contributed by atoms with Gasteiger partial charge in [-0.05, 0) is 19.8 Å². The van der Waals surface area contributed by atoms with E-state index in [1.807, 2.05) is 0 Å². The Kier molecular flexibility index (Phi) is 3.08. The fourth-order valence-electron chi connectivity index (χ4n) is 1.33. The summed E-state index contributed by atoms with van der Waals surface area (Å²) in [4.78, 5) is 22.9. The van der Waals surface area contributed by atoms with Crippen LogP contribution in [0, 0.1) is 0 Å². The largest absolute Gasteiger partial charge is 0.464 e. The van der Waals surface area contributed by atoms with Gasteiger partial charge in [0, 0.05) is 6.04 Å². The highest BCUT2D eigenvalue weighted by atomic mass is 16.5. The first kappa shape index (κ1) is 11.6. The number of amides is 1. The van der Waals surface area contributed by atoms with Crippen LogP contribution in [0.5, 0.6) is 0 Å². The minimum atomic E-state index is -0.564. The maximum absolute atomic E-state index is 11.7. The second kappa shape index (κ2) is 4.52. The second-order valence-corrected chi connectivity index (χ2v) is 4.03. The molecule has 7 heteroatoms. The Balaban J connectivity index is 2.02. The molecule has 92 valence electrons. The molecule has 0 bridgehead atoms. The molecular weight excluding hydrogens is 224 g/mol. The van der Waals surface area contributed by atoms with E-state index in [0.29, 0.717) is 6.04 Å². The van der Waals surface area contributed by atoms with Crippen LogP contribution < -0.4 is 5.32 Å². The maximum atomic E-state index is 11.7. The number of aromatic nitrogens is 3. The average molecular weight is 238 g/mol. The lowest BCUT2D eigenvalue weighted by molar-refractivity contribution is -0.124. The molecule has 1 aromatic heterocycles. The normalized spacial score (nSPS) is 16.4. The van der Waals surface area contributed by atoms with Crippen molar-refractivity contribution < 1.29 is 14.3 Å².